The molecule has 6 heteroatoms. The van der Waals surface area contributed by atoms with E-state index in [0.29, 0.717) is 11.9 Å². The van der Waals surface area contributed by atoms with Crippen molar-refractivity contribution in [3.8, 4) is 0 Å². The molecule has 1 fully saturated rings. The van der Waals surface area contributed by atoms with Crippen LogP contribution in [0.1, 0.15) is 42.4 Å². The zero-order chi connectivity index (χ0) is 14.1. The Hall–Kier alpha value is -1.04. The van der Waals surface area contributed by atoms with E-state index in [1.165, 1.54) is 5.56 Å². The number of halogens is 1. The van der Waals surface area contributed by atoms with Gasteiger partial charge in [0.05, 0.1) is 0 Å². The van der Waals surface area contributed by atoms with Crippen LogP contribution in [0.4, 0.5) is 0 Å². The molecule has 1 aromatic heterocycles. The van der Waals surface area contributed by atoms with Crippen molar-refractivity contribution >= 4 is 23.4 Å². The standard InChI is InChI=1S/C14H16ClN3OS/c1-9(10-2-4-11(15)5-3-10)20-14-17-16-13(8-19)18(14)12-6-7-12/h2-5,9,12,19H,6-8H2,1H3. The van der Waals surface area contributed by atoms with E-state index in [1.54, 1.807) is 11.8 Å². The van der Waals surface area contributed by atoms with Gasteiger partial charge in [-0.3, -0.25) is 0 Å². The summed E-state index contributed by atoms with van der Waals surface area (Å²) in [5.41, 5.74) is 1.20. The van der Waals surface area contributed by atoms with Crippen molar-refractivity contribution in [2.24, 2.45) is 0 Å². The molecule has 2 aromatic rings. The predicted molar refractivity (Wildman–Crippen MR) is 79.9 cm³/mol. The Kier molecular flexibility index (Phi) is 4.01. The van der Waals surface area contributed by atoms with Crippen LogP contribution in [0.5, 0.6) is 0 Å². The van der Waals surface area contributed by atoms with E-state index in [0.717, 1.165) is 23.0 Å². The van der Waals surface area contributed by atoms with Crippen LogP contribution in [0, 0.1) is 0 Å². The molecular formula is C14H16ClN3OS. The Balaban J connectivity index is 1.80. The maximum Gasteiger partial charge on any atom is 0.192 e. The van der Waals surface area contributed by atoms with Gasteiger partial charge in [-0.05, 0) is 37.5 Å². The molecule has 0 radical (unpaired) electrons. The third-order valence-corrected chi connectivity index (χ3v) is 4.78. The second kappa shape index (κ2) is 5.76. The highest BCUT2D eigenvalue weighted by Gasteiger charge is 2.30. The van der Waals surface area contributed by atoms with E-state index in [4.69, 9.17) is 11.6 Å². The minimum absolute atomic E-state index is 0.0562. The number of benzene rings is 1. The van der Waals surface area contributed by atoms with Crippen LogP contribution in [0.25, 0.3) is 0 Å². The first-order chi connectivity index (χ1) is 9.69. The number of nitrogens with zero attached hydrogens (tertiary/aromatic N) is 3. The molecule has 3 rings (SSSR count). The minimum atomic E-state index is -0.0562. The van der Waals surface area contributed by atoms with Crippen LogP contribution in [0.15, 0.2) is 29.4 Å². The highest BCUT2D eigenvalue weighted by atomic mass is 35.5. The largest absolute Gasteiger partial charge is 0.388 e. The monoisotopic (exact) mass is 309 g/mol. The fraction of sp³-hybridized carbons (Fsp3) is 0.429. The van der Waals surface area contributed by atoms with Gasteiger partial charge in [0.25, 0.3) is 0 Å². The molecule has 1 aliphatic carbocycles. The molecule has 4 nitrogen and oxygen atoms in total. The van der Waals surface area contributed by atoms with Crippen molar-refractivity contribution in [2.45, 2.75) is 42.8 Å². The highest BCUT2D eigenvalue weighted by Crippen LogP contribution is 2.42. The Labute approximate surface area is 127 Å². The number of rotatable bonds is 5. The van der Waals surface area contributed by atoms with Crippen LogP contribution >= 0.6 is 23.4 Å². The predicted octanol–water partition coefficient (Wildman–Crippen LogP) is 3.61. The van der Waals surface area contributed by atoms with Crippen LogP contribution < -0.4 is 0 Å². The summed E-state index contributed by atoms with van der Waals surface area (Å²) in [6.45, 7) is 2.08. The average Bonchev–Trinajstić information content (AvgIpc) is 3.21. The Morgan fingerprint density at radius 1 is 1.35 bits per heavy atom. The summed E-state index contributed by atoms with van der Waals surface area (Å²) in [4.78, 5) is 0. The Morgan fingerprint density at radius 2 is 2.05 bits per heavy atom. The van der Waals surface area contributed by atoms with Gasteiger partial charge in [0.1, 0.15) is 6.61 Å². The summed E-state index contributed by atoms with van der Waals surface area (Å²) < 4.78 is 2.08. The quantitative estimate of drug-likeness (QED) is 0.857. The van der Waals surface area contributed by atoms with E-state index in [-0.39, 0.29) is 11.9 Å². The molecule has 0 bridgehead atoms. The van der Waals surface area contributed by atoms with Gasteiger partial charge in [-0.1, -0.05) is 35.5 Å². The third kappa shape index (κ3) is 2.85. The van der Waals surface area contributed by atoms with Crippen molar-refractivity contribution in [3.05, 3.63) is 40.7 Å². The first-order valence-corrected chi connectivity index (χ1v) is 7.91. The number of hydrogen-bond donors (Lipinski definition) is 1. The maximum absolute atomic E-state index is 9.34. The van der Waals surface area contributed by atoms with Crippen molar-refractivity contribution in [3.63, 3.8) is 0 Å². The zero-order valence-corrected chi connectivity index (χ0v) is 12.7. The normalized spacial score (nSPS) is 16.4. The third-order valence-electron chi connectivity index (χ3n) is 3.41. The Bertz CT molecular complexity index is 595. The number of aliphatic hydroxyl groups excluding tert-OH is 1. The number of aliphatic hydroxyl groups is 1. The van der Waals surface area contributed by atoms with Gasteiger partial charge in [0.2, 0.25) is 0 Å². The summed E-state index contributed by atoms with van der Waals surface area (Å²) in [5.74, 6) is 0.665. The number of hydrogen-bond acceptors (Lipinski definition) is 4. The van der Waals surface area contributed by atoms with Gasteiger partial charge >= 0.3 is 0 Å². The molecule has 1 aliphatic rings. The summed E-state index contributed by atoms with van der Waals surface area (Å²) >= 11 is 7.58. The molecule has 106 valence electrons. The van der Waals surface area contributed by atoms with Crippen molar-refractivity contribution < 1.29 is 5.11 Å². The van der Waals surface area contributed by atoms with Crippen LogP contribution in [0.3, 0.4) is 0 Å². The summed E-state index contributed by atoms with van der Waals surface area (Å²) in [6.07, 6.45) is 2.29. The molecule has 0 saturated heterocycles. The van der Waals surface area contributed by atoms with Gasteiger partial charge in [-0.25, -0.2) is 0 Å². The highest BCUT2D eigenvalue weighted by molar-refractivity contribution is 7.99. The molecule has 0 spiro atoms. The van der Waals surface area contributed by atoms with Gasteiger partial charge in [-0.2, -0.15) is 0 Å². The Morgan fingerprint density at radius 3 is 2.65 bits per heavy atom. The van der Waals surface area contributed by atoms with Crippen molar-refractivity contribution in [1.82, 2.24) is 14.8 Å². The lowest BCUT2D eigenvalue weighted by atomic mass is 10.2. The molecule has 0 aliphatic heterocycles. The topological polar surface area (TPSA) is 50.9 Å². The van der Waals surface area contributed by atoms with Gasteiger partial charge in [0, 0.05) is 16.3 Å². The van der Waals surface area contributed by atoms with E-state index in [1.807, 2.05) is 24.3 Å². The lowest BCUT2D eigenvalue weighted by molar-refractivity contribution is 0.263. The maximum atomic E-state index is 9.34. The molecule has 1 unspecified atom stereocenters. The lowest BCUT2D eigenvalue weighted by Gasteiger charge is -2.13. The fourth-order valence-electron chi connectivity index (χ4n) is 2.16. The first kappa shape index (κ1) is 13.9. The van der Waals surface area contributed by atoms with Crippen LogP contribution in [-0.2, 0) is 6.61 Å². The summed E-state index contributed by atoms with van der Waals surface area (Å²) in [6, 6.07) is 8.33. The molecular weight excluding hydrogens is 294 g/mol. The summed E-state index contributed by atoms with van der Waals surface area (Å²) in [5, 5.41) is 19.5. The van der Waals surface area contributed by atoms with Crippen molar-refractivity contribution in [1.29, 1.82) is 0 Å². The number of aromatic nitrogens is 3. The molecule has 1 aromatic carbocycles. The second-order valence-electron chi connectivity index (χ2n) is 4.97. The van der Waals surface area contributed by atoms with E-state index in [9.17, 15) is 5.11 Å². The van der Waals surface area contributed by atoms with E-state index >= 15 is 0 Å². The fourth-order valence-corrected chi connectivity index (χ4v) is 3.35. The van der Waals surface area contributed by atoms with Crippen LogP contribution in [0.2, 0.25) is 5.02 Å². The zero-order valence-electron chi connectivity index (χ0n) is 11.2. The smallest absolute Gasteiger partial charge is 0.192 e. The molecule has 0 amide bonds. The van der Waals surface area contributed by atoms with Crippen LogP contribution in [-0.4, -0.2) is 19.9 Å². The second-order valence-corrected chi connectivity index (χ2v) is 6.71. The van der Waals surface area contributed by atoms with Gasteiger partial charge in [-0.15, -0.1) is 10.2 Å². The van der Waals surface area contributed by atoms with Gasteiger partial charge in [0.15, 0.2) is 11.0 Å². The molecule has 1 atom stereocenters. The van der Waals surface area contributed by atoms with Crippen molar-refractivity contribution in [2.75, 3.05) is 0 Å². The summed E-state index contributed by atoms with van der Waals surface area (Å²) in [7, 11) is 0. The number of thioether (sulfide) groups is 1. The van der Waals surface area contributed by atoms with E-state index in [2.05, 4.69) is 21.7 Å². The molecule has 1 heterocycles. The lowest BCUT2D eigenvalue weighted by Crippen LogP contribution is -2.03. The molecule has 1 saturated carbocycles. The molecule has 20 heavy (non-hydrogen) atoms. The van der Waals surface area contributed by atoms with E-state index < -0.39 is 0 Å². The minimum Gasteiger partial charge on any atom is -0.388 e. The average molecular weight is 310 g/mol. The molecule has 1 N–H and O–H groups in total. The SMILES string of the molecule is CC(Sc1nnc(CO)n1C1CC1)c1ccc(Cl)cc1. The first-order valence-electron chi connectivity index (χ1n) is 6.66. The van der Waals surface area contributed by atoms with Gasteiger partial charge < -0.3 is 9.67 Å².